The summed E-state index contributed by atoms with van der Waals surface area (Å²) in [6, 6.07) is 10.6. The maximum absolute atomic E-state index is 11.1. The van der Waals surface area contributed by atoms with E-state index in [2.05, 4.69) is 37.3 Å². The van der Waals surface area contributed by atoms with Gasteiger partial charge in [0.1, 0.15) is 0 Å². The van der Waals surface area contributed by atoms with Gasteiger partial charge in [0.25, 0.3) is 0 Å². The number of rotatable bonds is 12. The molecule has 3 rings (SSSR count). The fourth-order valence-corrected chi connectivity index (χ4v) is 5.46. The lowest BCUT2D eigenvalue weighted by molar-refractivity contribution is -0.129. The van der Waals surface area contributed by atoms with Gasteiger partial charge in [0.2, 0.25) is 5.91 Å². The van der Waals surface area contributed by atoms with Gasteiger partial charge in [0.05, 0.1) is 24.9 Å². The Morgan fingerprint density at radius 3 is 2.79 bits per heavy atom. The molecule has 5 unspecified atom stereocenters. The summed E-state index contributed by atoms with van der Waals surface area (Å²) in [5.41, 5.74) is 3.07. The van der Waals surface area contributed by atoms with Gasteiger partial charge in [-0.2, -0.15) is 11.8 Å². The highest BCUT2D eigenvalue weighted by Crippen LogP contribution is 2.45. The number of ether oxygens (including phenoxy) is 2. The van der Waals surface area contributed by atoms with Gasteiger partial charge in [-0.15, -0.1) is 0 Å². The zero-order valence-electron chi connectivity index (χ0n) is 16.7. The molecule has 2 bridgehead atoms. The second-order valence-electron chi connectivity index (χ2n) is 8.02. The lowest BCUT2D eigenvalue weighted by Gasteiger charge is -2.29. The number of hydrogen-bond donors (Lipinski definition) is 2. The van der Waals surface area contributed by atoms with Crippen LogP contribution in [0.4, 0.5) is 0 Å². The summed E-state index contributed by atoms with van der Waals surface area (Å²) in [7, 11) is 0. The molecule has 5 nitrogen and oxygen atoms in total. The predicted octanol–water partition coefficient (Wildman–Crippen LogP) is 4.18. The number of fused-ring (bicyclic) bond motifs is 2. The molecule has 2 fully saturated rings. The Morgan fingerprint density at radius 2 is 2.04 bits per heavy atom. The van der Waals surface area contributed by atoms with Crippen LogP contribution in [0.5, 0.6) is 0 Å². The number of nitrogens with one attached hydrogen (secondary N) is 1. The van der Waals surface area contributed by atoms with Gasteiger partial charge >= 0.3 is 0 Å². The summed E-state index contributed by atoms with van der Waals surface area (Å²) in [6.07, 6.45) is 6.34. The standard InChI is InChI=1S/C22H33NO4S/c1-16(6-5-9-22(24)23-25)26-14-19-18(20-10-11-21(19)27-20)12-13-28-15-17-7-3-2-4-8-17/h2-4,7-8,16,18-21,25H,5-6,9-15H2,1H3,(H,23,24). The first-order chi connectivity index (χ1) is 13.7. The second kappa shape index (κ2) is 11.2. The van der Waals surface area contributed by atoms with Crippen molar-refractivity contribution in [3.63, 3.8) is 0 Å². The number of benzene rings is 1. The molecule has 0 spiro atoms. The molecular weight excluding hydrogens is 374 g/mol. The Bertz CT molecular complexity index is 599. The molecule has 0 radical (unpaired) electrons. The number of thioether (sulfide) groups is 1. The van der Waals surface area contributed by atoms with E-state index in [1.165, 1.54) is 18.4 Å². The summed E-state index contributed by atoms with van der Waals surface area (Å²) < 4.78 is 12.3. The van der Waals surface area contributed by atoms with Crippen molar-refractivity contribution in [2.75, 3.05) is 12.4 Å². The SMILES string of the molecule is CC(CCCC(=O)NO)OCC1C2CCC(O2)C1CCSCc1ccccc1. The van der Waals surface area contributed by atoms with E-state index in [0.29, 0.717) is 30.5 Å². The summed E-state index contributed by atoms with van der Waals surface area (Å²) in [4.78, 5) is 11.1. The van der Waals surface area contributed by atoms with E-state index in [0.717, 1.165) is 37.4 Å². The van der Waals surface area contributed by atoms with Gasteiger partial charge in [0.15, 0.2) is 0 Å². The highest BCUT2D eigenvalue weighted by atomic mass is 32.2. The molecule has 6 heteroatoms. The lowest BCUT2D eigenvalue weighted by Crippen LogP contribution is -2.32. The summed E-state index contributed by atoms with van der Waals surface area (Å²) >= 11 is 2.01. The largest absolute Gasteiger partial charge is 0.378 e. The minimum Gasteiger partial charge on any atom is -0.378 e. The first-order valence-corrected chi connectivity index (χ1v) is 11.6. The quantitative estimate of drug-likeness (QED) is 0.309. The van der Waals surface area contributed by atoms with Crippen LogP contribution in [0.15, 0.2) is 30.3 Å². The van der Waals surface area contributed by atoms with Crippen molar-refractivity contribution < 1.29 is 19.5 Å². The maximum Gasteiger partial charge on any atom is 0.243 e. The first kappa shape index (κ1) is 21.6. The molecule has 2 aliphatic heterocycles. The third-order valence-electron chi connectivity index (χ3n) is 6.01. The summed E-state index contributed by atoms with van der Waals surface area (Å²) in [6.45, 7) is 2.82. The number of amides is 1. The lowest BCUT2D eigenvalue weighted by atomic mass is 9.78. The molecule has 1 amide bonds. The monoisotopic (exact) mass is 407 g/mol. The van der Waals surface area contributed by atoms with E-state index < -0.39 is 0 Å². The minimum absolute atomic E-state index is 0.124. The average Bonchev–Trinajstić information content (AvgIpc) is 3.32. The average molecular weight is 408 g/mol. The topological polar surface area (TPSA) is 67.8 Å². The number of carbonyl (C=O) groups excluding carboxylic acids is 1. The zero-order valence-corrected chi connectivity index (χ0v) is 17.5. The van der Waals surface area contributed by atoms with Crippen molar-refractivity contribution in [1.82, 2.24) is 5.48 Å². The predicted molar refractivity (Wildman–Crippen MR) is 111 cm³/mol. The van der Waals surface area contributed by atoms with Crippen LogP contribution in [0.3, 0.4) is 0 Å². The van der Waals surface area contributed by atoms with Crippen LogP contribution in [0.2, 0.25) is 0 Å². The summed E-state index contributed by atoms with van der Waals surface area (Å²) in [5, 5.41) is 8.54. The van der Waals surface area contributed by atoms with E-state index in [4.69, 9.17) is 14.7 Å². The van der Waals surface area contributed by atoms with Crippen molar-refractivity contribution in [2.24, 2.45) is 11.8 Å². The molecule has 1 aromatic carbocycles. The molecule has 2 saturated heterocycles. The Hall–Kier alpha value is -1.08. The minimum atomic E-state index is -0.332. The van der Waals surface area contributed by atoms with Gasteiger partial charge in [-0.25, -0.2) is 5.48 Å². The molecular formula is C22H33NO4S. The third kappa shape index (κ3) is 6.21. The highest BCUT2D eigenvalue weighted by Gasteiger charge is 2.48. The summed E-state index contributed by atoms with van der Waals surface area (Å²) in [5.74, 6) is 3.01. The van der Waals surface area contributed by atoms with Crippen molar-refractivity contribution in [2.45, 2.75) is 69.5 Å². The van der Waals surface area contributed by atoms with Gasteiger partial charge in [-0.05, 0) is 56.3 Å². The molecule has 5 atom stereocenters. The molecule has 2 heterocycles. The van der Waals surface area contributed by atoms with Crippen LogP contribution in [-0.2, 0) is 20.0 Å². The Morgan fingerprint density at radius 1 is 1.29 bits per heavy atom. The molecule has 28 heavy (non-hydrogen) atoms. The van der Waals surface area contributed by atoms with Crippen LogP contribution in [0.1, 0.15) is 51.0 Å². The first-order valence-electron chi connectivity index (χ1n) is 10.5. The van der Waals surface area contributed by atoms with Crippen molar-refractivity contribution in [3.8, 4) is 0 Å². The fourth-order valence-electron chi connectivity index (χ4n) is 4.45. The molecule has 2 aliphatic rings. The number of carbonyl (C=O) groups is 1. The van der Waals surface area contributed by atoms with E-state index in [-0.39, 0.29) is 12.0 Å². The second-order valence-corrected chi connectivity index (χ2v) is 9.12. The molecule has 0 aliphatic carbocycles. The van der Waals surface area contributed by atoms with E-state index in [1.54, 1.807) is 5.48 Å². The van der Waals surface area contributed by atoms with Crippen LogP contribution in [0, 0.1) is 11.8 Å². The Labute approximate surface area is 172 Å². The molecule has 1 aromatic rings. The van der Waals surface area contributed by atoms with Gasteiger partial charge in [-0.3, -0.25) is 10.0 Å². The van der Waals surface area contributed by atoms with E-state index in [9.17, 15) is 4.79 Å². The van der Waals surface area contributed by atoms with Gasteiger partial charge in [0, 0.05) is 18.1 Å². The fraction of sp³-hybridized carbons (Fsp3) is 0.682. The van der Waals surface area contributed by atoms with Crippen molar-refractivity contribution in [1.29, 1.82) is 0 Å². The molecule has 0 saturated carbocycles. The van der Waals surface area contributed by atoms with Crippen LogP contribution in [-0.4, -0.2) is 41.8 Å². The molecule has 2 N–H and O–H groups in total. The molecule has 0 aromatic heterocycles. The Kier molecular flexibility index (Phi) is 8.65. The van der Waals surface area contributed by atoms with Gasteiger partial charge in [-0.1, -0.05) is 30.3 Å². The van der Waals surface area contributed by atoms with Gasteiger partial charge < -0.3 is 9.47 Å². The van der Waals surface area contributed by atoms with Crippen LogP contribution >= 0.6 is 11.8 Å². The number of hydroxylamine groups is 1. The number of hydrogen-bond acceptors (Lipinski definition) is 5. The molecule has 156 valence electrons. The third-order valence-corrected chi connectivity index (χ3v) is 7.07. The highest BCUT2D eigenvalue weighted by molar-refractivity contribution is 7.98. The maximum atomic E-state index is 11.1. The van der Waals surface area contributed by atoms with Crippen molar-refractivity contribution in [3.05, 3.63) is 35.9 Å². The van der Waals surface area contributed by atoms with Crippen LogP contribution < -0.4 is 5.48 Å². The van der Waals surface area contributed by atoms with Crippen LogP contribution in [0.25, 0.3) is 0 Å². The van der Waals surface area contributed by atoms with Crippen molar-refractivity contribution >= 4 is 17.7 Å². The van der Waals surface area contributed by atoms with E-state index >= 15 is 0 Å². The Balaban J connectivity index is 1.37. The zero-order chi connectivity index (χ0) is 19.8. The smallest absolute Gasteiger partial charge is 0.243 e. The van der Waals surface area contributed by atoms with E-state index in [1.807, 2.05) is 11.8 Å². The normalized spacial score (nSPS) is 27.1.